The Morgan fingerprint density at radius 1 is 0.879 bits per heavy atom. The van der Waals surface area contributed by atoms with Crippen molar-refractivity contribution in [3.05, 3.63) is 42.0 Å². The van der Waals surface area contributed by atoms with E-state index in [1.807, 2.05) is 13.8 Å². The first-order valence-corrected chi connectivity index (χ1v) is 12.6. The molecule has 1 amide bonds. The van der Waals surface area contributed by atoms with Gasteiger partial charge in [-0.3, -0.25) is 4.79 Å². The predicted molar refractivity (Wildman–Crippen MR) is 129 cm³/mol. The molecular weight excluding hydrogens is 444 g/mol. The normalized spacial score (nSPS) is 11.3. The van der Waals surface area contributed by atoms with Crippen LogP contribution in [0, 0.1) is 0 Å². The lowest BCUT2D eigenvalue weighted by Gasteiger charge is -2.20. The Hall–Kier alpha value is -2.78. The molecule has 1 N–H and O–H groups in total. The second-order valence-electron chi connectivity index (χ2n) is 7.27. The highest BCUT2D eigenvalue weighted by molar-refractivity contribution is 7.89. The maximum Gasteiger partial charge on any atom is 0.255 e. The van der Waals surface area contributed by atoms with Gasteiger partial charge in [-0.2, -0.15) is 4.31 Å². The van der Waals surface area contributed by atoms with Crippen molar-refractivity contribution in [2.75, 3.05) is 38.7 Å². The monoisotopic (exact) mass is 478 g/mol. The highest BCUT2D eigenvalue weighted by atomic mass is 32.2. The maximum absolute atomic E-state index is 13.1. The number of amides is 1. The molecule has 0 unspecified atom stereocenters. The SMILES string of the molecule is CCCOc1ccc(NC(=O)c2ccc(OC)c(S(=O)(=O)N(CC)CC)c2)cc1OCCC. The van der Waals surface area contributed by atoms with Crippen LogP contribution < -0.4 is 19.5 Å². The van der Waals surface area contributed by atoms with Crippen molar-refractivity contribution in [2.24, 2.45) is 0 Å². The maximum atomic E-state index is 13.1. The first-order chi connectivity index (χ1) is 15.8. The van der Waals surface area contributed by atoms with Crippen LogP contribution in [0.2, 0.25) is 0 Å². The molecule has 0 fully saturated rings. The molecule has 9 heteroatoms. The van der Waals surface area contributed by atoms with Crippen LogP contribution in [0.1, 0.15) is 50.9 Å². The van der Waals surface area contributed by atoms with E-state index in [4.69, 9.17) is 14.2 Å². The Balaban J connectivity index is 2.35. The van der Waals surface area contributed by atoms with Gasteiger partial charge in [-0.15, -0.1) is 0 Å². The van der Waals surface area contributed by atoms with Gasteiger partial charge in [0.2, 0.25) is 10.0 Å². The molecule has 182 valence electrons. The Kier molecular flexibility index (Phi) is 9.99. The minimum Gasteiger partial charge on any atom is -0.495 e. The van der Waals surface area contributed by atoms with E-state index in [0.717, 1.165) is 12.8 Å². The van der Waals surface area contributed by atoms with Gasteiger partial charge in [0, 0.05) is 30.4 Å². The van der Waals surface area contributed by atoms with E-state index in [9.17, 15) is 13.2 Å². The van der Waals surface area contributed by atoms with Crippen LogP contribution in [0.5, 0.6) is 17.2 Å². The van der Waals surface area contributed by atoms with Gasteiger partial charge in [-0.05, 0) is 43.2 Å². The van der Waals surface area contributed by atoms with Crippen molar-refractivity contribution in [3.63, 3.8) is 0 Å². The summed E-state index contributed by atoms with van der Waals surface area (Å²) in [7, 11) is -2.41. The van der Waals surface area contributed by atoms with E-state index >= 15 is 0 Å². The van der Waals surface area contributed by atoms with E-state index in [1.54, 1.807) is 32.0 Å². The standard InChI is InChI=1S/C24H34N2O6S/c1-6-14-31-20-13-11-19(17-22(20)32-15-7-2)25-24(27)18-10-12-21(30-5)23(16-18)33(28,29)26(8-3)9-4/h10-13,16-17H,6-9,14-15H2,1-5H3,(H,25,27). The number of hydrogen-bond donors (Lipinski definition) is 1. The molecule has 0 aliphatic rings. The summed E-state index contributed by atoms with van der Waals surface area (Å²) in [6, 6.07) is 9.54. The third-order valence-corrected chi connectivity index (χ3v) is 6.95. The lowest BCUT2D eigenvalue weighted by molar-refractivity contribution is 0.102. The predicted octanol–water partition coefficient (Wildman–Crippen LogP) is 4.56. The summed E-state index contributed by atoms with van der Waals surface area (Å²) >= 11 is 0. The molecule has 0 radical (unpaired) electrons. The summed E-state index contributed by atoms with van der Waals surface area (Å²) in [4.78, 5) is 12.9. The van der Waals surface area contributed by atoms with Crippen molar-refractivity contribution < 1.29 is 27.4 Å². The topological polar surface area (TPSA) is 94.2 Å². The lowest BCUT2D eigenvalue weighted by atomic mass is 10.2. The third-order valence-electron chi connectivity index (χ3n) is 4.87. The van der Waals surface area contributed by atoms with Crippen LogP contribution in [0.4, 0.5) is 5.69 Å². The van der Waals surface area contributed by atoms with Crippen molar-refractivity contribution in [2.45, 2.75) is 45.4 Å². The molecule has 0 aliphatic heterocycles. The van der Waals surface area contributed by atoms with E-state index in [0.29, 0.717) is 43.5 Å². The summed E-state index contributed by atoms with van der Waals surface area (Å²) in [5, 5.41) is 2.81. The molecule has 2 aromatic rings. The molecule has 0 spiro atoms. The number of sulfonamides is 1. The molecule has 0 heterocycles. The van der Waals surface area contributed by atoms with Gasteiger partial charge >= 0.3 is 0 Å². The average molecular weight is 479 g/mol. The fourth-order valence-corrected chi connectivity index (χ4v) is 4.81. The lowest BCUT2D eigenvalue weighted by Crippen LogP contribution is -2.31. The summed E-state index contributed by atoms with van der Waals surface area (Å²) in [5.41, 5.74) is 0.711. The highest BCUT2D eigenvalue weighted by Crippen LogP contribution is 2.32. The zero-order valence-corrected chi connectivity index (χ0v) is 20.8. The number of hydrogen-bond acceptors (Lipinski definition) is 6. The van der Waals surface area contributed by atoms with Crippen molar-refractivity contribution in [1.82, 2.24) is 4.31 Å². The second-order valence-corrected chi connectivity index (χ2v) is 9.17. The van der Waals surface area contributed by atoms with Gasteiger partial charge in [-0.1, -0.05) is 27.7 Å². The first kappa shape index (κ1) is 26.5. The quantitative estimate of drug-likeness (QED) is 0.454. The number of carbonyl (C=O) groups excluding carboxylic acids is 1. The molecule has 8 nitrogen and oxygen atoms in total. The van der Waals surface area contributed by atoms with Crippen molar-refractivity contribution in [1.29, 1.82) is 0 Å². The van der Waals surface area contributed by atoms with E-state index in [-0.39, 0.29) is 16.2 Å². The number of rotatable bonds is 13. The molecule has 0 aromatic heterocycles. The molecule has 0 saturated carbocycles. The van der Waals surface area contributed by atoms with Gasteiger partial charge in [0.25, 0.3) is 5.91 Å². The number of benzene rings is 2. The Bertz CT molecular complexity index is 1040. The van der Waals surface area contributed by atoms with E-state index in [2.05, 4.69) is 5.32 Å². The fourth-order valence-electron chi connectivity index (χ4n) is 3.17. The van der Waals surface area contributed by atoms with Gasteiger partial charge < -0.3 is 19.5 Å². The zero-order chi connectivity index (χ0) is 24.4. The average Bonchev–Trinajstić information content (AvgIpc) is 2.82. The molecule has 2 aromatic carbocycles. The Morgan fingerprint density at radius 3 is 2.06 bits per heavy atom. The van der Waals surface area contributed by atoms with Crippen molar-refractivity contribution >= 4 is 21.6 Å². The van der Waals surface area contributed by atoms with Crippen molar-refractivity contribution in [3.8, 4) is 17.2 Å². The number of ether oxygens (including phenoxy) is 3. The Morgan fingerprint density at radius 2 is 1.48 bits per heavy atom. The number of carbonyl (C=O) groups is 1. The minimum atomic E-state index is -3.81. The minimum absolute atomic E-state index is 0.0448. The van der Waals surface area contributed by atoms with Crippen LogP contribution >= 0.6 is 0 Å². The molecule has 0 aliphatic carbocycles. The summed E-state index contributed by atoms with van der Waals surface area (Å²) in [5.74, 6) is 0.895. The zero-order valence-electron chi connectivity index (χ0n) is 20.0. The van der Waals surface area contributed by atoms with E-state index in [1.165, 1.54) is 29.6 Å². The molecule has 0 bridgehead atoms. The summed E-state index contributed by atoms with van der Waals surface area (Å²) in [6.07, 6.45) is 1.70. The van der Waals surface area contributed by atoms with Gasteiger partial charge in [0.05, 0.1) is 20.3 Å². The largest absolute Gasteiger partial charge is 0.495 e. The second kappa shape index (κ2) is 12.5. The number of anilines is 1. The fraction of sp³-hybridized carbons (Fsp3) is 0.458. The van der Waals surface area contributed by atoms with Crippen LogP contribution in [-0.4, -0.2) is 52.0 Å². The first-order valence-electron chi connectivity index (χ1n) is 11.2. The number of methoxy groups -OCH3 is 1. The highest BCUT2D eigenvalue weighted by Gasteiger charge is 2.27. The van der Waals surface area contributed by atoms with Crippen LogP contribution in [0.3, 0.4) is 0 Å². The third kappa shape index (κ3) is 6.61. The number of nitrogens with one attached hydrogen (secondary N) is 1. The molecule has 0 saturated heterocycles. The smallest absolute Gasteiger partial charge is 0.255 e. The van der Waals surface area contributed by atoms with E-state index < -0.39 is 15.9 Å². The molecular formula is C24H34N2O6S. The molecule has 2 rings (SSSR count). The van der Waals surface area contributed by atoms with Gasteiger partial charge in [0.15, 0.2) is 11.5 Å². The van der Waals surface area contributed by atoms with Crippen LogP contribution in [0.15, 0.2) is 41.3 Å². The molecule has 33 heavy (non-hydrogen) atoms. The summed E-state index contributed by atoms with van der Waals surface area (Å²) < 4.78 is 44.2. The van der Waals surface area contributed by atoms with Gasteiger partial charge in [0.1, 0.15) is 10.6 Å². The van der Waals surface area contributed by atoms with Crippen LogP contribution in [0.25, 0.3) is 0 Å². The number of nitrogens with zero attached hydrogens (tertiary/aromatic N) is 1. The van der Waals surface area contributed by atoms with Gasteiger partial charge in [-0.25, -0.2) is 8.42 Å². The summed E-state index contributed by atoms with van der Waals surface area (Å²) in [6.45, 7) is 9.24. The Labute approximate surface area is 196 Å². The molecule has 0 atom stereocenters. The van der Waals surface area contributed by atoms with Crippen LogP contribution in [-0.2, 0) is 10.0 Å².